The first-order valence-electron chi connectivity index (χ1n) is 9.84. The molecule has 7 heteroatoms. The summed E-state index contributed by atoms with van der Waals surface area (Å²) in [5.74, 6) is 0. The highest BCUT2D eigenvalue weighted by Crippen LogP contribution is 2.26. The van der Waals surface area contributed by atoms with Gasteiger partial charge in [0.15, 0.2) is 5.65 Å². The monoisotopic (exact) mass is 389 g/mol. The van der Waals surface area contributed by atoms with Gasteiger partial charge in [0.1, 0.15) is 5.58 Å². The van der Waals surface area contributed by atoms with Crippen molar-refractivity contribution in [3.05, 3.63) is 58.5 Å². The number of anilines is 1. The van der Waals surface area contributed by atoms with Gasteiger partial charge in [-0.1, -0.05) is 0 Å². The minimum absolute atomic E-state index is 0.384. The Bertz CT molecular complexity index is 1280. The zero-order chi connectivity index (χ0) is 20.1. The van der Waals surface area contributed by atoms with Crippen LogP contribution in [0.3, 0.4) is 0 Å². The second kappa shape index (κ2) is 6.70. The predicted octanol–water partition coefficient (Wildman–Crippen LogP) is 2.92. The molecule has 1 aromatic carbocycles. The van der Waals surface area contributed by atoms with Crippen molar-refractivity contribution in [3.63, 3.8) is 0 Å². The number of rotatable bonds is 3. The van der Waals surface area contributed by atoms with Crippen molar-refractivity contribution in [2.24, 2.45) is 0 Å². The number of likely N-dealkylation sites (N-methyl/N-ethyl adjacent to an activating group) is 1. The lowest BCUT2D eigenvalue weighted by Crippen LogP contribution is -2.33. The van der Waals surface area contributed by atoms with E-state index in [1.54, 1.807) is 0 Å². The van der Waals surface area contributed by atoms with Crippen LogP contribution >= 0.6 is 0 Å². The second-order valence-corrected chi connectivity index (χ2v) is 7.75. The molecule has 1 aliphatic rings. The zero-order valence-electron chi connectivity index (χ0n) is 16.8. The van der Waals surface area contributed by atoms with Crippen LogP contribution in [0.25, 0.3) is 27.9 Å². The van der Waals surface area contributed by atoms with E-state index in [4.69, 9.17) is 4.42 Å². The fourth-order valence-electron chi connectivity index (χ4n) is 4.11. The van der Waals surface area contributed by atoms with E-state index in [9.17, 15) is 4.79 Å². The zero-order valence-corrected chi connectivity index (χ0v) is 16.8. The summed E-state index contributed by atoms with van der Waals surface area (Å²) in [6.45, 7) is 5.86. The van der Waals surface area contributed by atoms with Crippen LogP contribution in [-0.2, 0) is 0 Å². The molecule has 0 aliphatic carbocycles. The Hall–Kier alpha value is -3.19. The Morgan fingerprint density at radius 2 is 2.07 bits per heavy atom. The smallest absolute Gasteiger partial charge is 0.345 e. The predicted molar refractivity (Wildman–Crippen MR) is 114 cm³/mol. The second-order valence-electron chi connectivity index (χ2n) is 7.75. The van der Waals surface area contributed by atoms with Crippen LogP contribution in [0.1, 0.15) is 17.8 Å². The highest BCUT2D eigenvalue weighted by Gasteiger charge is 2.20. The first-order valence-corrected chi connectivity index (χ1v) is 9.84. The van der Waals surface area contributed by atoms with Crippen molar-refractivity contribution in [2.75, 3.05) is 25.0 Å². The molecule has 1 atom stereocenters. The number of benzene rings is 1. The third kappa shape index (κ3) is 3.07. The molecule has 1 aliphatic heterocycles. The summed E-state index contributed by atoms with van der Waals surface area (Å²) in [6.07, 6.45) is 4.87. The highest BCUT2D eigenvalue weighted by atomic mass is 16.4. The molecule has 1 saturated heterocycles. The number of fused-ring (bicyclic) bond motifs is 2. The summed E-state index contributed by atoms with van der Waals surface area (Å²) in [5.41, 5.74) is 4.78. The van der Waals surface area contributed by atoms with Gasteiger partial charge in [0.05, 0.1) is 22.6 Å². The Balaban J connectivity index is 1.57. The largest absolute Gasteiger partial charge is 0.422 e. The summed E-state index contributed by atoms with van der Waals surface area (Å²) in [6, 6.07) is 8.34. The lowest BCUT2D eigenvalue weighted by Gasteiger charge is -2.26. The van der Waals surface area contributed by atoms with Crippen molar-refractivity contribution in [2.45, 2.75) is 26.3 Å². The third-order valence-corrected chi connectivity index (χ3v) is 5.71. The van der Waals surface area contributed by atoms with Crippen molar-refractivity contribution in [3.8, 4) is 11.3 Å². The molecule has 5 rings (SSSR count). The van der Waals surface area contributed by atoms with Gasteiger partial charge in [-0.2, -0.15) is 0 Å². The Kier molecular flexibility index (Phi) is 4.13. The van der Waals surface area contributed by atoms with E-state index in [1.807, 2.05) is 48.8 Å². The quantitative estimate of drug-likeness (QED) is 0.543. The molecule has 1 fully saturated rings. The fraction of sp³-hybridized carbons (Fsp3) is 0.318. The van der Waals surface area contributed by atoms with Crippen molar-refractivity contribution in [1.29, 1.82) is 0 Å². The first-order chi connectivity index (χ1) is 14.0. The standard InChI is InChI=1S/C22H23N5O2/c1-13-11-27-12-19(25-21(27)14(2)24-13)18-8-15-4-5-16(9-20(15)29-22(18)28)26(3)17-6-7-23-10-17/h4-5,8-9,11-12,17,23H,6-7,10H2,1-3H3/t17-/m1/s1. The number of aromatic nitrogens is 3. The molecule has 0 spiro atoms. The van der Waals surface area contributed by atoms with Gasteiger partial charge in [0.2, 0.25) is 0 Å². The van der Waals surface area contributed by atoms with E-state index in [0.29, 0.717) is 22.9 Å². The van der Waals surface area contributed by atoms with Gasteiger partial charge in [-0.05, 0) is 45.0 Å². The highest BCUT2D eigenvalue weighted by molar-refractivity contribution is 5.84. The van der Waals surface area contributed by atoms with E-state index in [1.165, 1.54) is 0 Å². The molecule has 148 valence electrons. The number of imidazole rings is 1. The van der Waals surface area contributed by atoms with E-state index in [2.05, 4.69) is 33.3 Å². The van der Waals surface area contributed by atoms with Crippen LogP contribution in [0.2, 0.25) is 0 Å². The molecular weight excluding hydrogens is 366 g/mol. The fourth-order valence-corrected chi connectivity index (χ4v) is 4.11. The molecule has 29 heavy (non-hydrogen) atoms. The third-order valence-electron chi connectivity index (χ3n) is 5.71. The topological polar surface area (TPSA) is 75.7 Å². The molecule has 4 heterocycles. The summed E-state index contributed by atoms with van der Waals surface area (Å²) in [4.78, 5) is 24.0. The lowest BCUT2D eigenvalue weighted by atomic mass is 10.1. The van der Waals surface area contributed by atoms with Crippen molar-refractivity contribution in [1.82, 2.24) is 19.7 Å². The van der Waals surface area contributed by atoms with Crippen LogP contribution in [0.4, 0.5) is 5.69 Å². The molecule has 3 aromatic heterocycles. The Morgan fingerprint density at radius 1 is 1.21 bits per heavy atom. The van der Waals surface area contributed by atoms with Crippen LogP contribution in [0.15, 0.2) is 45.9 Å². The van der Waals surface area contributed by atoms with Gasteiger partial charge in [-0.15, -0.1) is 0 Å². The van der Waals surface area contributed by atoms with Gasteiger partial charge in [0, 0.05) is 49.2 Å². The average molecular weight is 389 g/mol. The molecular formula is C22H23N5O2. The van der Waals surface area contributed by atoms with E-state index < -0.39 is 0 Å². The molecule has 0 amide bonds. The van der Waals surface area contributed by atoms with Crippen LogP contribution in [-0.4, -0.2) is 40.5 Å². The maximum absolute atomic E-state index is 12.7. The molecule has 0 saturated carbocycles. The van der Waals surface area contributed by atoms with Gasteiger partial charge in [-0.25, -0.2) is 9.78 Å². The number of aryl methyl sites for hydroxylation is 2. The average Bonchev–Trinajstić information content (AvgIpc) is 3.36. The summed E-state index contributed by atoms with van der Waals surface area (Å²) >= 11 is 0. The van der Waals surface area contributed by atoms with E-state index in [-0.39, 0.29) is 5.63 Å². The SMILES string of the molecule is Cc1cn2cc(-c3cc4ccc(N(C)[C@@H]5CCNC5)cc4oc3=O)nc2c(C)n1. The van der Waals surface area contributed by atoms with E-state index in [0.717, 1.165) is 47.6 Å². The molecule has 0 radical (unpaired) electrons. The number of nitrogens with zero attached hydrogens (tertiary/aromatic N) is 4. The van der Waals surface area contributed by atoms with Crippen LogP contribution in [0.5, 0.6) is 0 Å². The maximum atomic E-state index is 12.7. The van der Waals surface area contributed by atoms with Gasteiger partial charge < -0.3 is 19.0 Å². The Morgan fingerprint density at radius 3 is 2.86 bits per heavy atom. The molecule has 0 bridgehead atoms. The molecule has 0 unspecified atom stereocenters. The van der Waals surface area contributed by atoms with Crippen molar-refractivity contribution < 1.29 is 4.42 Å². The number of hydrogen-bond acceptors (Lipinski definition) is 6. The minimum atomic E-state index is -0.384. The summed E-state index contributed by atoms with van der Waals surface area (Å²) < 4.78 is 7.59. The Labute approximate surface area is 168 Å². The normalized spacial score (nSPS) is 16.7. The van der Waals surface area contributed by atoms with Gasteiger partial charge in [0.25, 0.3) is 0 Å². The number of nitrogens with one attached hydrogen (secondary N) is 1. The number of hydrogen-bond donors (Lipinski definition) is 1. The summed E-state index contributed by atoms with van der Waals surface area (Å²) in [7, 11) is 2.08. The molecule has 7 nitrogen and oxygen atoms in total. The lowest BCUT2D eigenvalue weighted by molar-refractivity contribution is 0.563. The summed E-state index contributed by atoms with van der Waals surface area (Å²) in [5, 5.41) is 4.26. The van der Waals surface area contributed by atoms with Crippen molar-refractivity contribution >= 4 is 22.3 Å². The van der Waals surface area contributed by atoms with Gasteiger partial charge >= 0.3 is 5.63 Å². The van der Waals surface area contributed by atoms with Crippen LogP contribution < -0.4 is 15.8 Å². The maximum Gasteiger partial charge on any atom is 0.345 e. The molecule has 1 N–H and O–H groups in total. The first kappa shape index (κ1) is 17.9. The van der Waals surface area contributed by atoms with Crippen LogP contribution in [0, 0.1) is 13.8 Å². The molecule has 4 aromatic rings. The van der Waals surface area contributed by atoms with E-state index >= 15 is 0 Å². The van der Waals surface area contributed by atoms with Gasteiger partial charge in [-0.3, -0.25) is 4.98 Å². The minimum Gasteiger partial charge on any atom is -0.422 e.